The SMILES string of the molecule is C#C[C@H]1OC(C)(C)O[C@@H]1C(=O)OC. The van der Waals surface area contributed by atoms with E-state index in [9.17, 15) is 4.79 Å². The van der Waals surface area contributed by atoms with Crippen molar-refractivity contribution >= 4 is 5.97 Å². The monoisotopic (exact) mass is 184 g/mol. The standard InChI is InChI=1S/C9H12O4/c1-5-6-7(8(10)11-4)13-9(2,3)12-6/h1,6-7H,2-4H3/t6-,7+/m1/s1. The maximum atomic E-state index is 11.1. The minimum atomic E-state index is -0.824. The van der Waals surface area contributed by atoms with Gasteiger partial charge in [0.05, 0.1) is 7.11 Å². The molecule has 1 aliphatic rings. The average molecular weight is 184 g/mol. The predicted molar refractivity (Wildman–Crippen MR) is 44.7 cm³/mol. The summed E-state index contributed by atoms with van der Waals surface area (Å²) in [6.45, 7) is 3.39. The lowest BCUT2D eigenvalue weighted by Crippen LogP contribution is -2.31. The van der Waals surface area contributed by atoms with Gasteiger partial charge in [-0.2, -0.15) is 0 Å². The summed E-state index contributed by atoms with van der Waals surface area (Å²) < 4.78 is 15.1. The van der Waals surface area contributed by atoms with Crippen molar-refractivity contribution in [3.8, 4) is 12.3 Å². The maximum Gasteiger partial charge on any atom is 0.338 e. The molecule has 4 heteroatoms. The first-order chi connectivity index (χ1) is 6.00. The normalized spacial score (nSPS) is 30.9. The minimum Gasteiger partial charge on any atom is -0.467 e. The van der Waals surface area contributed by atoms with Crippen molar-refractivity contribution in [3.63, 3.8) is 0 Å². The van der Waals surface area contributed by atoms with Crippen molar-refractivity contribution in [3.05, 3.63) is 0 Å². The van der Waals surface area contributed by atoms with Crippen molar-refractivity contribution in [1.82, 2.24) is 0 Å². The molecular weight excluding hydrogens is 172 g/mol. The van der Waals surface area contributed by atoms with E-state index in [1.807, 2.05) is 0 Å². The topological polar surface area (TPSA) is 44.8 Å². The fourth-order valence-electron chi connectivity index (χ4n) is 1.17. The summed E-state index contributed by atoms with van der Waals surface area (Å²) in [4.78, 5) is 11.1. The van der Waals surface area contributed by atoms with Crippen LogP contribution in [0, 0.1) is 12.3 Å². The second-order valence-corrected chi connectivity index (χ2v) is 3.17. The van der Waals surface area contributed by atoms with Crippen LogP contribution in [0.25, 0.3) is 0 Å². The highest BCUT2D eigenvalue weighted by Gasteiger charge is 2.45. The Morgan fingerprint density at radius 2 is 2.15 bits per heavy atom. The molecule has 72 valence electrons. The van der Waals surface area contributed by atoms with Gasteiger partial charge in [0.25, 0.3) is 0 Å². The van der Waals surface area contributed by atoms with Gasteiger partial charge in [-0.3, -0.25) is 0 Å². The molecule has 4 nitrogen and oxygen atoms in total. The Morgan fingerprint density at radius 3 is 2.62 bits per heavy atom. The van der Waals surface area contributed by atoms with Gasteiger partial charge in [0, 0.05) is 0 Å². The second kappa shape index (κ2) is 3.36. The van der Waals surface area contributed by atoms with Gasteiger partial charge in [-0.05, 0) is 13.8 Å². The molecule has 0 aromatic rings. The van der Waals surface area contributed by atoms with Crippen LogP contribution in [0.15, 0.2) is 0 Å². The summed E-state index contributed by atoms with van der Waals surface area (Å²) in [7, 11) is 1.28. The van der Waals surface area contributed by atoms with E-state index in [0.29, 0.717) is 0 Å². The third kappa shape index (κ3) is 2.00. The molecule has 0 aromatic heterocycles. The smallest absolute Gasteiger partial charge is 0.338 e. The Balaban J connectivity index is 2.76. The van der Waals surface area contributed by atoms with Crippen LogP contribution in [0.4, 0.5) is 0 Å². The molecule has 0 N–H and O–H groups in total. The van der Waals surface area contributed by atoms with Crippen LogP contribution < -0.4 is 0 Å². The first kappa shape index (κ1) is 10.0. The van der Waals surface area contributed by atoms with E-state index in [1.165, 1.54) is 7.11 Å². The fraction of sp³-hybridized carbons (Fsp3) is 0.667. The summed E-state index contributed by atoms with van der Waals surface area (Å²) in [6.07, 6.45) is 3.70. The Kier molecular flexibility index (Phi) is 2.60. The molecule has 0 radical (unpaired) electrons. The summed E-state index contributed by atoms with van der Waals surface area (Å²) in [5.41, 5.74) is 0. The lowest BCUT2D eigenvalue weighted by atomic mass is 10.2. The summed E-state index contributed by atoms with van der Waals surface area (Å²) in [6, 6.07) is 0. The molecule has 1 rings (SSSR count). The van der Waals surface area contributed by atoms with Crippen LogP contribution in [0.5, 0.6) is 0 Å². The van der Waals surface area contributed by atoms with E-state index >= 15 is 0 Å². The molecule has 1 saturated heterocycles. The van der Waals surface area contributed by atoms with Crippen LogP contribution in [0.3, 0.4) is 0 Å². The molecule has 0 aromatic carbocycles. The van der Waals surface area contributed by atoms with E-state index in [-0.39, 0.29) is 0 Å². The first-order valence-corrected chi connectivity index (χ1v) is 3.90. The van der Waals surface area contributed by atoms with Crippen molar-refractivity contribution in [2.75, 3.05) is 7.11 Å². The van der Waals surface area contributed by atoms with Gasteiger partial charge >= 0.3 is 5.97 Å². The fourth-order valence-corrected chi connectivity index (χ4v) is 1.17. The molecule has 0 unspecified atom stereocenters. The minimum absolute atomic E-state index is 0.506. The average Bonchev–Trinajstić information content (AvgIpc) is 2.39. The number of terminal acetylenes is 1. The Morgan fingerprint density at radius 1 is 1.54 bits per heavy atom. The highest BCUT2D eigenvalue weighted by Crippen LogP contribution is 2.28. The van der Waals surface area contributed by atoms with Crippen LogP contribution in [-0.2, 0) is 19.0 Å². The molecule has 0 aliphatic carbocycles. The summed E-state index contributed by atoms with van der Waals surface area (Å²) in [5, 5.41) is 0. The first-order valence-electron chi connectivity index (χ1n) is 3.90. The van der Waals surface area contributed by atoms with Gasteiger partial charge in [-0.1, -0.05) is 5.92 Å². The molecule has 1 aliphatic heterocycles. The Hall–Kier alpha value is -1.05. The lowest BCUT2D eigenvalue weighted by Gasteiger charge is -2.15. The predicted octanol–water partition coefficient (Wildman–Crippen LogP) is 0.313. The van der Waals surface area contributed by atoms with Gasteiger partial charge < -0.3 is 14.2 Å². The molecule has 1 heterocycles. The molecule has 2 atom stereocenters. The van der Waals surface area contributed by atoms with Crippen LogP contribution in [-0.4, -0.2) is 31.1 Å². The third-order valence-corrected chi connectivity index (χ3v) is 1.69. The molecule has 0 saturated carbocycles. The van der Waals surface area contributed by atoms with E-state index < -0.39 is 24.0 Å². The van der Waals surface area contributed by atoms with Crippen LogP contribution in [0.2, 0.25) is 0 Å². The zero-order valence-corrected chi connectivity index (χ0v) is 7.87. The zero-order chi connectivity index (χ0) is 10.1. The molecule has 0 spiro atoms. The highest BCUT2D eigenvalue weighted by molar-refractivity contribution is 5.76. The van der Waals surface area contributed by atoms with E-state index in [1.54, 1.807) is 13.8 Å². The number of hydrogen-bond acceptors (Lipinski definition) is 4. The zero-order valence-electron chi connectivity index (χ0n) is 7.87. The molecule has 1 fully saturated rings. The second-order valence-electron chi connectivity index (χ2n) is 3.17. The largest absolute Gasteiger partial charge is 0.467 e. The Bertz CT molecular complexity index is 251. The highest BCUT2D eigenvalue weighted by atomic mass is 16.8. The van der Waals surface area contributed by atoms with Crippen molar-refractivity contribution in [2.45, 2.75) is 31.8 Å². The molecule has 0 bridgehead atoms. The molecule has 0 amide bonds. The van der Waals surface area contributed by atoms with Gasteiger partial charge in [0.1, 0.15) is 0 Å². The summed E-state index contributed by atoms with van der Waals surface area (Å²) in [5.74, 6) is 1.01. The molecule has 13 heavy (non-hydrogen) atoms. The number of carbonyl (C=O) groups excluding carboxylic acids is 1. The van der Waals surface area contributed by atoms with E-state index in [2.05, 4.69) is 10.7 Å². The van der Waals surface area contributed by atoms with Gasteiger partial charge in [-0.15, -0.1) is 6.42 Å². The van der Waals surface area contributed by atoms with Crippen molar-refractivity contribution in [2.24, 2.45) is 0 Å². The number of esters is 1. The Labute approximate surface area is 77.2 Å². The van der Waals surface area contributed by atoms with Gasteiger partial charge in [0.15, 0.2) is 18.0 Å². The number of methoxy groups -OCH3 is 1. The summed E-state index contributed by atoms with van der Waals surface area (Å²) >= 11 is 0. The van der Waals surface area contributed by atoms with Crippen LogP contribution in [0.1, 0.15) is 13.8 Å². The van der Waals surface area contributed by atoms with E-state index in [0.717, 1.165) is 0 Å². The number of rotatable bonds is 1. The van der Waals surface area contributed by atoms with Crippen molar-refractivity contribution in [1.29, 1.82) is 0 Å². The maximum absolute atomic E-state index is 11.1. The van der Waals surface area contributed by atoms with Crippen molar-refractivity contribution < 1.29 is 19.0 Å². The van der Waals surface area contributed by atoms with Gasteiger partial charge in [0.2, 0.25) is 0 Å². The van der Waals surface area contributed by atoms with Crippen LogP contribution >= 0.6 is 0 Å². The molecular formula is C9H12O4. The number of carbonyl (C=O) groups is 1. The van der Waals surface area contributed by atoms with Gasteiger partial charge in [-0.25, -0.2) is 4.79 Å². The lowest BCUT2D eigenvalue weighted by molar-refractivity contribution is -0.167. The quantitative estimate of drug-likeness (QED) is 0.434. The third-order valence-electron chi connectivity index (χ3n) is 1.69. The number of ether oxygens (including phenoxy) is 3. The number of hydrogen-bond donors (Lipinski definition) is 0. The van der Waals surface area contributed by atoms with E-state index in [4.69, 9.17) is 15.9 Å².